The second-order valence-corrected chi connectivity index (χ2v) is 22.1. The van der Waals surface area contributed by atoms with Gasteiger partial charge in [0.15, 0.2) is 16.6 Å². The number of ether oxygens (including phenoxy) is 5. The molecule has 0 heterocycles. The van der Waals surface area contributed by atoms with Gasteiger partial charge >= 0.3 is 20.5 Å². The number of hydrogen-bond donors (Lipinski definition) is 0. The molecule has 0 saturated heterocycles. The molecular formula is C21H44O9Si3. The second kappa shape index (κ2) is 16.7. The summed E-state index contributed by atoms with van der Waals surface area (Å²) < 4.78 is 38.2. The van der Waals surface area contributed by atoms with E-state index in [-0.39, 0.29) is 19.8 Å². The molecule has 0 aliphatic carbocycles. The molecule has 0 aromatic rings. The van der Waals surface area contributed by atoms with Gasteiger partial charge in [-0.25, -0.2) is 9.59 Å². The van der Waals surface area contributed by atoms with Gasteiger partial charge in [-0.2, -0.15) is 0 Å². The highest BCUT2D eigenvalue weighted by Gasteiger charge is 2.37. The lowest BCUT2D eigenvalue weighted by molar-refractivity contribution is -0.141. The van der Waals surface area contributed by atoms with Gasteiger partial charge in [0, 0.05) is 19.3 Å². The van der Waals surface area contributed by atoms with Crippen molar-refractivity contribution >= 4 is 37.1 Å². The van der Waals surface area contributed by atoms with Crippen LogP contribution in [0.15, 0.2) is 12.2 Å². The van der Waals surface area contributed by atoms with Gasteiger partial charge in [0.25, 0.3) is 0 Å². The lowest BCUT2D eigenvalue weighted by Crippen LogP contribution is -2.51. The molecule has 0 N–H and O–H groups in total. The molecule has 0 radical (unpaired) electrons. The number of hydrogen-bond acceptors (Lipinski definition) is 9. The van der Waals surface area contributed by atoms with Crippen LogP contribution in [0, 0.1) is 0 Å². The molecule has 194 valence electrons. The zero-order chi connectivity index (χ0) is 25.4. The maximum Gasteiger partial charge on any atom is 0.331 e. The second-order valence-electron chi connectivity index (χ2n) is 9.47. The van der Waals surface area contributed by atoms with Gasteiger partial charge in [0.05, 0.1) is 39.6 Å². The standard InChI is InChI=1S/C21H44O9Si3/c1-24-13-14-25-15-16-26-17-18-28-21(23)11-10-20(22)27-12-9-19-32(5,6)30-33(7,8)29-31(2,3)4/h10-11H,9,12-19H2,1-8H3/b11-10+. The summed E-state index contributed by atoms with van der Waals surface area (Å²) in [5.41, 5.74) is 0. The highest BCUT2D eigenvalue weighted by atomic mass is 28.5. The van der Waals surface area contributed by atoms with Crippen molar-refractivity contribution in [3.63, 3.8) is 0 Å². The lowest BCUT2D eigenvalue weighted by Gasteiger charge is -2.37. The third-order valence-corrected chi connectivity index (χ3v) is 14.0. The number of methoxy groups -OCH3 is 1. The van der Waals surface area contributed by atoms with E-state index >= 15 is 0 Å². The van der Waals surface area contributed by atoms with Crippen molar-refractivity contribution in [2.45, 2.75) is 58.3 Å². The van der Waals surface area contributed by atoms with E-state index in [0.29, 0.717) is 32.8 Å². The van der Waals surface area contributed by atoms with Crippen LogP contribution in [0.1, 0.15) is 6.42 Å². The minimum Gasteiger partial charge on any atom is -0.463 e. The van der Waals surface area contributed by atoms with Crippen LogP contribution in [0.25, 0.3) is 0 Å². The molecule has 0 rings (SSSR count). The van der Waals surface area contributed by atoms with Crippen molar-refractivity contribution in [2.24, 2.45) is 0 Å². The molecule has 9 nitrogen and oxygen atoms in total. The van der Waals surface area contributed by atoms with Crippen LogP contribution in [0.2, 0.25) is 51.9 Å². The Balaban J connectivity index is 3.95. The normalized spacial score (nSPS) is 12.8. The van der Waals surface area contributed by atoms with E-state index in [4.69, 9.17) is 31.9 Å². The molecule has 0 spiro atoms. The van der Waals surface area contributed by atoms with E-state index < -0.39 is 37.1 Å². The minimum absolute atomic E-state index is 0.0943. The molecule has 0 amide bonds. The van der Waals surface area contributed by atoms with Gasteiger partial charge in [-0.15, -0.1) is 0 Å². The van der Waals surface area contributed by atoms with E-state index in [1.165, 1.54) is 0 Å². The summed E-state index contributed by atoms with van der Waals surface area (Å²) in [5, 5.41) is 0. The number of carbonyl (C=O) groups excluding carboxylic acids is 2. The zero-order valence-corrected chi connectivity index (χ0v) is 24.7. The van der Waals surface area contributed by atoms with Crippen molar-refractivity contribution in [2.75, 3.05) is 53.4 Å². The Labute approximate surface area is 202 Å². The summed E-state index contributed by atoms with van der Waals surface area (Å²) in [4.78, 5) is 23.4. The summed E-state index contributed by atoms with van der Waals surface area (Å²) >= 11 is 0. The third-order valence-electron chi connectivity index (χ3n) is 3.87. The fourth-order valence-corrected chi connectivity index (χ4v) is 16.2. The molecule has 0 aliphatic rings. The van der Waals surface area contributed by atoms with E-state index in [0.717, 1.165) is 18.2 Å². The largest absolute Gasteiger partial charge is 0.463 e. The average Bonchev–Trinajstić information content (AvgIpc) is 2.65. The molecule has 12 heteroatoms. The van der Waals surface area contributed by atoms with E-state index in [1.807, 2.05) is 0 Å². The minimum atomic E-state index is -2.17. The van der Waals surface area contributed by atoms with E-state index in [9.17, 15) is 9.59 Å². The third kappa shape index (κ3) is 21.4. The van der Waals surface area contributed by atoms with Crippen LogP contribution in [0.4, 0.5) is 0 Å². The molecule has 0 aliphatic heterocycles. The first kappa shape index (κ1) is 32.1. The van der Waals surface area contributed by atoms with Crippen molar-refractivity contribution in [3.05, 3.63) is 12.2 Å². The first-order valence-corrected chi connectivity index (χ1v) is 20.7. The van der Waals surface area contributed by atoms with Crippen molar-refractivity contribution < 1.29 is 41.5 Å². The summed E-state index contributed by atoms with van der Waals surface area (Å²) in [6.45, 7) is 17.5. The maximum absolute atomic E-state index is 11.8. The quantitative estimate of drug-likeness (QED) is 0.109. The molecular weight excluding hydrogens is 480 g/mol. The fourth-order valence-electron chi connectivity index (χ4n) is 3.04. The highest BCUT2D eigenvalue weighted by Crippen LogP contribution is 2.23. The van der Waals surface area contributed by atoms with Crippen LogP contribution in [-0.4, -0.2) is 90.5 Å². The summed E-state index contributed by atoms with van der Waals surface area (Å²) in [5.74, 6) is -1.20. The fraction of sp³-hybridized carbons (Fsp3) is 0.810. The van der Waals surface area contributed by atoms with Crippen LogP contribution in [0.5, 0.6) is 0 Å². The van der Waals surface area contributed by atoms with Gasteiger partial charge in [0.1, 0.15) is 6.61 Å². The van der Waals surface area contributed by atoms with E-state index in [2.05, 4.69) is 45.8 Å². The van der Waals surface area contributed by atoms with Gasteiger partial charge in [-0.1, -0.05) is 0 Å². The number of esters is 2. The van der Waals surface area contributed by atoms with Crippen molar-refractivity contribution in [1.29, 1.82) is 0 Å². The Bertz CT molecular complexity index is 590. The van der Waals surface area contributed by atoms with Crippen molar-refractivity contribution in [1.82, 2.24) is 0 Å². The van der Waals surface area contributed by atoms with Crippen LogP contribution in [0.3, 0.4) is 0 Å². The molecule has 0 aromatic heterocycles. The van der Waals surface area contributed by atoms with Crippen LogP contribution < -0.4 is 0 Å². The Morgan fingerprint density at radius 2 is 1.15 bits per heavy atom. The number of rotatable bonds is 19. The van der Waals surface area contributed by atoms with Gasteiger partial charge in [-0.3, -0.25) is 0 Å². The lowest BCUT2D eigenvalue weighted by atomic mass is 10.5. The predicted molar refractivity (Wildman–Crippen MR) is 134 cm³/mol. The first-order valence-electron chi connectivity index (χ1n) is 11.3. The molecule has 33 heavy (non-hydrogen) atoms. The Hall–Kier alpha value is -0.869. The maximum atomic E-state index is 11.8. The van der Waals surface area contributed by atoms with Crippen LogP contribution in [-0.2, 0) is 41.5 Å². The molecule has 0 fully saturated rings. The van der Waals surface area contributed by atoms with Crippen molar-refractivity contribution in [3.8, 4) is 0 Å². The molecule has 0 atom stereocenters. The molecule has 0 aromatic carbocycles. The topological polar surface area (TPSA) is 98.8 Å². The average molecular weight is 525 g/mol. The smallest absolute Gasteiger partial charge is 0.331 e. The summed E-state index contributed by atoms with van der Waals surface area (Å²) in [7, 11) is -4.15. The first-order chi connectivity index (χ1) is 15.3. The van der Waals surface area contributed by atoms with Crippen LogP contribution >= 0.6 is 0 Å². The van der Waals surface area contributed by atoms with Gasteiger partial charge in [-0.05, 0) is 58.3 Å². The summed E-state index contributed by atoms with van der Waals surface area (Å²) in [6, 6.07) is 0.856. The molecule has 0 saturated carbocycles. The van der Waals surface area contributed by atoms with E-state index in [1.54, 1.807) is 7.11 Å². The molecule has 0 bridgehead atoms. The highest BCUT2D eigenvalue weighted by molar-refractivity contribution is 6.87. The van der Waals surface area contributed by atoms with Gasteiger partial charge < -0.3 is 31.9 Å². The molecule has 0 unspecified atom stereocenters. The number of carbonyl (C=O) groups is 2. The Morgan fingerprint density at radius 1 is 0.667 bits per heavy atom. The Morgan fingerprint density at radius 3 is 1.67 bits per heavy atom. The SMILES string of the molecule is COCCOCCOCCOC(=O)/C=C/C(=O)OCCC[Si](C)(C)O[Si](C)(C)O[Si](C)(C)C. The predicted octanol–water partition coefficient (Wildman–Crippen LogP) is 3.47. The summed E-state index contributed by atoms with van der Waals surface area (Å²) in [6.07, 6.45) is 2.83. The van der Waals surface area contributed by atoms with Gasteiger partial charge in [0.2, 0.25) is 0 Å². The zero-order valence-electron chi connectivity index (χ0n) is 21.7. The Kier molecular flexibility index (Phi) is 16.3. The monoisotopic (exact) mass is 524 g/mol.